The molecule has 0 fully saturated rings. The summed E-state index contributed by atoms with van der Waals surface area (Å²) < 4.78 is 4.86. The van der Waals surface area contributed by atoms with E-state index < -0.39 is 5.91 Å². The molecule has 0 saturated heterocycles. The summed E-state index contributed by atoms with van der Waals surface area (Å²) in [4.78, 5) is 24.1. The molecule has 0 aliphatic heterocycles. The second kappa shape index (κ2) is 5.69. The van der Waals surface area contributed by atoms with Crippen LogP contribution in [0.15, 0.2) is 17.5 Å². The van der Waals surface area contributed by atoms with Gasteiger partial charge in [-0.25, -0.2) is 4.79 Å². The van der Waals surface area contributed by atoms with Gasteiger partial charge in [0.05, 0.1) is 17.6 Å². The molecule has 2 N–H and O–H groups in total. The molecule has 1 aromatic carbocycles. The van der Waals surface area contributed by atoms with E-state index in [1.807, 2.05) is 38.3 Å². The molecule has 0 spiro atoms. The van der Waals surface area contributed by atoms with E-state index >= 15 is 0 Å². The molecule has 0 unspecified atom stereocenters. The number of hydrogen-bond acceptors (Lipinski definition) is 4. The number of nitrogens with two attached hydrogens (primary N) is 1. The van der Waals surface area contributed by atoms with Gasteiger partial charge in [-0.3, -0.25) is 4.79 Å². The van der Waals surface area contributed by atoms with Crippen LogP contribution in [0.4, 0.5) is 0 Å². The highest BCUT2D eigenvalue weighted by atomic mass is 32.1. The molecule has 1 aromatic heterocycles. The van der Waals surface area contributed by atoms with E-state index in [4.69, 9.17) is 10.5 Å². The normalized spacial score (nSPS) is 10.5. The largest absolute Gasteiger partial charge is 0.465 e. The Morgan fingerprint density at radius 2 is 1.86 bits per heavy atom. The molecule has 5 heteroatoms. The number of thiophene rings is 1. The Morgan fingerprint density at radius 1 is 1.19 bits per heavy atom. The summed E-state index contributed by atoms with van der Waals surface area (Å²) in [6.07, 6.45) is 0. The third-order valence-electron chi connectivity index (χ3n) is 3.52. The van der Waals surface area contributed by atoms with E-state index in [0.29, 0.717) is 10.4 Å². The van der Waals surface area contributed by atoms with Gasteiger partial charge in [0, 0.05) is 5.56 Å². The molecule has 4 nitrogen and oxygen atoms in total. The average Bonchev–Trinajstić information content (AvgIpc) is 2.87. The third-order valence-corrected chi connectivity index (χ3v) is 4.45. The Kier molecular flexibility index (Phi) is 4.14. The van der Waals surface area contributed by atoms with Crippen molar-refractivity contribution in [3.05, 3.63) is 44.6 Å². The average molecular weight is 303 g/mol. The van der Waals surface area contributed by atoms with Crippen molar-refractivity contribution < 1.29 is 14.3 Å². The van der Waals surface area contributed by atoms with E-state index in [1.165, 1.54) is 18.4 Å². The fourth-order valence-corrected chi connectivity index (χ4v) is 3.47. The van der Waals surface area contributed by atoms with Crippen LogP contribution in [0.2, 0.25) is 0 Å². The van der Waals surface area contributed by atoms with E-state index in [9.17, 15) is 9.59 Å². The lowest BCUT2D eigenvalue weighted by Crippen LogP contribution is -2.12. The summed E-state index contributed by atoms with van der Waals surface area (Å²) in [6.45, 7) is 5.70. The van der Waals surface area contributed by atoms with Crippen molar-refractivity contribution in [2.45, 2.75) is 20.8 Å². The molecule has 0 bridgehead atoms. The van der Waals surface area contributed by atoms with Crippen molar-refractivity contribution in [3.63, 3.8) is 0 Å². The fourth-order valence-electron chi connectivity index (χ4n) is 2.71. The first kappa shape index (κ1) is 15.3. The predicted octanol–water partition coefficient (Wildman–Crippen LogP) is 3.23. The molecule has 2 aromatic rings. The third kappa shape index (κ3) is 2.56. The summed E-state index contributed by atoms with van der Waals surface area (Å²) in [7, 11) is 1.36. The number of benzene rings is 1. The minimum Gasteiger partial charge on any atom is -0.465 e. The van der Waals surface area contributed by atoms with E-state index in [-0.39, 0.29) is 5.97 Å². The molecule has 21 heavy (non-hydrogen) atoms. The summed E-state index contributed by atoms with van der Waals surface area (Å²) in [5.41, 5.74) is 10.3. The number of primary amides is 1. The molecule has 0 aliphatic carbocycles. The number of rotatable bonds is 3. The highest BCUT2D eigenvalue weighted by molar-refractivity contribution is 7.12. The summed E-state index contributed by atoms with van der Waals surface area (Å²) in [5, 5.41) is 1.83. The van der Waals surface area contributed by atoms with Crippen LogP contribution in [0.1, 0.15) is 36.7 Å². The van der Waals surface area contributed by atoms with Gasteiger partial charge in [-0.2, -0.15) is 0 Å². The van der Waals surface area contributed by atoms with Gasteiger partial charge < -0.3 is 10.5 Å². The van der Waals surface area contributed by atoms with Gasteiger partial charge in [0.25, 0.3) is 5.91 Å². The molecular formula is C16H17NO3S. The molecular weight excluding hydrogens is 286 g/mol. The van der Waals surface area contributed by atoms with Crippen molar-refractivity contribution in [1.82, 2.24) is 0 Å². The lowest BCUT2D eigenvalue weighted by Gasteiger charge is -2.16. The zero-order valence-corrected chi connectivity index (χ0v) is 13.3. The van der Waals surface area contributed by atoms with E-state index in [1.54, 1.807) is 0 Å². The quantitative estimate of drug-likeness (QED) is 0.885. The maximum Gasteiger partial charge on any atom is 0.338 e. The summed E-state index contributed by atoms with van der Waals surface area (Å²) >= 11 is 1.30. The van der Waals surface area contributed by atoms with Crippen LogP contribution < -0.4 is 5.73 Å². The van der Waals surface area contributed by atoms with Gasteiger partial charge in [0.15, 0.2) is 0 Å². The Bertz CT molecular complexity index is 731. The number of aryl methyl sites for hydroxylation is 2. The minimum atomic E-state index is -0.459. The molecule has 0 radical (unpaired) electrons. The van der Waals surface area contributed by atoms with Gasteiger partial charge in [0.2, 0.25) is 0 Å². The van der Waals surface area contributed by atoms with Crippen molar-refractivity contribution in [2.24, 2.45) is 5.73 Å². The lowest BCUT2D eigenvalue weighted by molar-refractivity contribution is 0.0599. The smallest absolute Gasteiger partial charge is 0.338 e. The maximum atomic E-state index is 12.0. The number of hydrogen-bond donors (Lipinski definition) is 1. The predicted molar refractivity (Wildman–Crippen MR) is 83.8 cm³/mol. The van der Waals surface area contributed by atoms with Gasteiger partial charge in [-0.1, -0.05) is 6.07 Å². The monoisotopic (exact) mass is 303 g/mol. The Morgan fingerprint density at radius 3 is 2.43 bits per heavy atom. The first-order valence-electron chi connectivity index (χ1n) is 6.45. The van der Waals surface area contributed by atoms with Crippen molar-refractivity contribution >= 4 is 23.2 Å². The molecule has 0 atom stereocenters. The van der Waals surface area contributed by atoms with Gasteiger partial charge in [-0.05, 0) is 54.5 Å². The number of methoxy groups -OCH3 is 1. The van der Waals surface area contributed by atoms with Crippen LogP contribution in [-0.4, -0.2) is 19.0 Å². The van der Waals surface area contributed by atoms with Crippen molar-refractivity contribution in [1.29, 1.82) is 0 Å². The van der Waals surface area contributed by atoms with Crippen LogP contribution in [0, 0.1) is 20.8 Å². The molecule has 0 aliphatic rings. The Labute approximate surface area is 127 Å². The highest BCUT2D eigenvalue weighted by Gasteiger charge is 2.21. The van der Waals surface area contributed by atoms with E-state index in [2.05, 4.69) is 0 Å². The fraction of sp³-hybridized carbons (Fsp3) is 0.250. The van der Waals surface area contributed by atoms with Crippen molar-refractivity contribution in [2.75, 3.05) is 7.11 Å². The Balaban J connectivity index is 2.78. The summed E-state index contributed by atoms with van der Waals surface area (Å²) in [6, 6.07) is 3.79. The number of carbonyl (C=O) groups excluding carboxylic acids is 2. The minimum absolute atomic E-state index is 0.373. The molecule has 2 rings (SSSR count). The standard InChI is InChI=1S/C16H17NO3S/c1-8-7-9(2)13(16(19)20-4)10(3)12(8)11-5-6-21-14(11)15(17)18/h5-7H,1-4H3,(H2,17,18). The highest BCUT2D eigenvalue weighted by Crippen LogP contribution is 2.36. The van der Waals surface area contributed by atoms with Gasteiger partial charge in [0.1, 0.15) is 0 Å². The van der Waals surface area contributed by atoms with Crippen LogP contribution in [0.25, 0.3) is 11.1 Å². The lowest BCUT2D eigenvalue weighted by atomic mass is 9.89. The second-order valence-electron chi connectivity index (χ2n) is 4.90. The number of carbonyl (C=O) groups is 2. The molecule has 1 amide bonds. The number of ether oxygens (including phenoxy) is 1. The van der Waals surface area contributed by atoms with Gasteiger partial charge in [-0.15, -0.1) is 11.3 Å². The first-order valence-corrected chi connectivity index (χ1v) is 7.33. The van der Waals surface area contributed by atoms with Crippen molar-refractivity contribution in [3.8, 4) is 11.1 Å². The maximum absolute atomic E-state index is 12.0. The zero-order chi connectivity index (χ0) is 15.7. The zero-order valence-electron chi connectivity index (χ0n) is 12.4. The molecule has 0 saturated carbocycles. The molecule has 1 heterocycles. The van der Waals surface area contributed by atoms with Crippen LogP contribution in [-0.2, 0) is 4.74 Å². The molecule has 110 valence electrons. The SMILES string of the molecule is COC(=O)c1c(C)cc(C)c(-c2ccsc2C(N)=O)c1C. The van der Waals surface area contributed by atoms with Crippen LogP contribution >= 0.6 is 11.3 Å². The summed E-state index contributed by atoms with van der Waals surface area (Å²) in [5.74, 6) is -0.832. The Hall–Kier alpha value is -2.14. The van der Waals surface area contributed by atoms with Gasteiger partial charge >= 0.3 is 5.97 Å². The topological polar surface area (TPSA) is 69.4 Å². The number of amides is 1. The van der Waals surface area contributed by atoms with Crippen LogP contribution in [0.5, 0.6) is 0 Å². The first-order chi connectivity index (χ1) is 9.88. The second-order valence-corrected chi connectivity index (χ2v) is 5.82. The number of esters is 1. The van der Waals surface area contributed by atoms with Crippen LogP contribution in [0.3, 0.4) is 0 Å². The van der Waals surface area contributed by atoms with E-state index in [0.717, 1.165) is 27.8 Å².